The van der Waals surface area contributed by atoms with Gasteiger partial charge in [0.1, 0.15) is 17.9 Å². The van der Waals surface area contributed by atoms with Crippen LogP contribution in [0.5, 0.6) is 0 Å². The third kappa shape index (κ3) is 6.77. The van der Waals surface area contributed by atoms with Crippen LogP contribution in [0.1, 0.15) is 50.7 Å². The van der Waals surface area contributed by atoms with Crippen LogP contribution in [0.3, 0.4) is 0 Å². The molecular weight excluding hydrogens is 561 g/mol. The summed E-state index contributed by atoms with van der Waals surface area (Å²) in [4.78, 5) is 27.2. The van der Waals surface area contributed by atoms with Crippen molar-refractivity contribution in [1.29, 1.82) is 0 Å². The molecule has 40 heavy (non-hydrogen) atoms. The van der Waals surface area contributed by atoms with Gasteiger partial charge in [-0.25, -0.2) is 8.78 Å². The van der Waals surface area contributed by atoms with Crippen LogP contribution in [-0.2, 0) is 15.0 Å². The van der Waals surface area contributed by atoms with Crippen molar-refractivity contribution >= 4 is 41.1 Å². The average Bonchev–Trinajstić information content (AvgIpc) is 3.20. The Morgan fingerprint density at radius 1 is 1.15 bits per heavy atom. The van der Waals surface area contributed by atoms with Crippen molar-refractivity contribution < 1.29 is 23.5 Å². The van der Waals surface area contributed by atoms with Gasteiger partial charge in [0.2, 0.25) is 5.91 Å². The zero-order valence-electron chi connectivity index (χ0n) is 23.4. The van der Waals surface area contributed by atoms with Gasteiger partial charge in [0, 0.05) is 37.8 Å². The molecule has 1 saturated heterocycles. The molecule has 0 radical (unpaired) electrons. The highest BCUT2D eigenvalue weighted by molar-refractivity contribution is 6.31. The van der Waals surface area contributed by atoms with Gasteiger partial charge in [0.25, 0.3) is 0 Å². The Morgan fingerprint density at radius 3 is 2.40 bits per heavy atom. The second-order valence-corrected chi connectivity index (χ2v) is 12.3. The molecule has 0 bridgehead atoms. The molecule has 2 aromatic carbocycles. The maximum Gasteiger partial charge on any atom is 0.237 e. The Balaban J connectivity index is 2.24. The van der Waals surface area contributed by atoms with E-state index < -0.39 is 47.1 Å². The summed E-state index contributed by atoms with van der Waals surface area (Å²) in [6.07, 6.45) is 0.843. The number of carbonyl (C=O) groups is 2. The summed E-state index contributed by atoms with van der Waals surface area (Å²) in [7, 11) is 3.35. The molecule has 1 aliphatic heterocycles. The number of hydrogen-bond acceptors (Lipinski definition) is 6. The second-order valence-electron chi connectivity index (χ2n) is 11.5. The van der Waals surface area contributed by atoms with Gasteiger partial charge in [-0.1, -0.05) is 50.0 Å². The molecular formula is C29H38Cl2F2N4O3. The van der Waals surface area contributed by atoms with Crippen LogP contribution in [0.25, 0.3) is 0 Å². The van der Waals surface area contributed by atoms with Crippen LogP contribution < -0.4 is 21.3 Å². The number of nitrogens with one attached hydrogen (secondary N) is 4. The molecule has 1 amide bonds. The summed E-state index contributed by atoms with van der Waals surface area (Å²) < 4.78 is 29.3. The molecule has 0 aliphatic carbocycles. The summed E-state index contributed by atoms with van der Waals surface area (Å²) in [6, 6.07) is 5.13. The van der Waals surface area contributed by atoms with Gasteiger partial charge in [-0.15, -0.1) is 0 Å². The number of likely N-dealkylation sites (N-methyl/N-ethyl adjacent to an activating group) is 1. The Labute approximate surface area is 244 Å². The lowest BCUT2D eigenvalue weighted by atomic mass is 9.62. The number of aldehydes is 1. The van der Waals surface area contributed by atoms with Crippen LogP contribution in [0.4, 0.5) is 14.5 Å². The fourth-order valence-electron chi connectivity index (χ4n) is 5.68. The van der Waals surface area contributed by atoms with Gasteiger partial charge in [-0.2, -0.15) is 0 Å². The van der Waals surface area contributed by atoms with Gasteiger partial charge in [0.15, 0.2) is 0 Å². The molecule has 7 nitrogen and oxygen atoms in total. The molecule has 3 rings (SSSR count). The van der Waals surface area contributed by atoms with E-state index in [-0.39, 0.29) is 22.0 Å². The first-order chi connectivity index (χ1) is 18.8. The highest BCUT2D eigenvalue weighted by Gasteiger charge is 2.60. The van der Waals surface area contributed by atoms with E-state index in [4.69, 9.17) is 23.2 Å². The largest absolute Gasteiger partial charge is 0.392 e. The van der Waals surface area contributed by atoms with Gasteiger partial charge in [-0.3, -0.25) is 4.79 Å². The topological polar surface area (TPSA) is 102 Å². The Kier molecular flexibility index (Phi) is 10.6. The zero-order chi connectivity index (χ0) is 29.8. The minimum Gasteiger partial charge on any atom is -0.392 e. The number of hydrogen-bond donors (Lipinski definition) is 5. The highest BCUT2D eigenvalue weighted by atomic mass is 35.5. The van der Waals surface area contributed by atoms with Gasteiger partial charge in [0.05, 0.1) is 27.6 Å². The van der Waals surface area contributed by atoms with Crippen molar-refractivity contribution in [3.8, 4) is 0 Å². The molecule has 0 unspecified atom stereocenters. The normalized spacial score (nSPS) is 23.6. The molecule has 0 saturated carbocycles. The molecule has 0 aromatic heterocycles. The van der Waals surface area contributed by atoms with E-state index >= 15 is 4.39 Å². The number of aliphatic hydroxyl groups excluding tert-OH is 1. The first-order valence-corrected chi connectivity index (χ1v) is 14.0. The predicted octanol–water partition coefficient (Wildman–Crippen LogP) is 4.40. The smallest absolute Gasteiger partial charge is 0.237 e. The van der Waals surface area contributed by atoms with E-state index in [0.29, 0.717) is 36.2 Å². The first-order valence-electron chi connectivity index (χ1n) is 13.2. The van der Waals surface area contributed by atoms with Crippen LogP contribution in [0, 0.1) is 17.0 Å². The zero-order valence-corrected chi connectivity index (χ0v) is 24.9. The predicted molar refractivity (Wildman–Crippen MR) is 155 cm³/mol. The maximum absolute atomic E-state index is 15.1. The SMILES string of the molecule is CNC[C@@H](O)CCNC(=O)[C@@H]1N[C@H](CC(C)(C)C)[C@@](C=O)(c2cc(F)c(Cl)cc2NC)[C@H]1c1ccc(F)c(Cl)c1. The fraction of sp³-hybridized carbons (Fsp3) is 0.517. The van der Waals surface area contributed by atoms with E-state index in [1.165, 1.54) is 30.3 Å². The molecule has 5 atom stereocenters. The summed E-state index contributed by atoms with van der Waals surface area (Å²) in [6.45, 7) is 6.57. The molecule has 11 heteroatoms. The quantitative estimate of drug-likeness (QED) is 0.246. The molecule has 1 aliphatic rings. The number of aliphatic hydroxyl groups is 1. The minimum absolute atomic E-state index is 0.122. The second kappa shape index (κ2) is 13.1. The number of rotatable bonds is 11. The molecule has 0 spiro atoms. The molecule has 220 valence electrons. The van der Waals surface area contributed by atoms with Crippen molar-refractivity contribution in [2.24, 2.45) is 5.41 Å². The van der Waals surface area contributed by atoms with Crippen LogP contribution >= 0.6 is 23.2 Å². The minimum atomic E-state index is -1.48. The summed E-state index contributed by atoms with van der Waals surface area (Å²) in [5.41, 5.74) is -0.599. The average molecular weight is 600 g/mol. The monoisotopic (exact) mass is 598 g/mol. The van der Waals surface area contributed by atoms with Crippen molar-refractivity contribution in [3.05, 3.63) is 63.1 Å². The van der Waals surface area contributed by atoms with Crippen molar-refractivity contribution in [1.82, 2.24) is 16.0 Å². The lowest BCUT2D eigenvalue weighted by Gasteiger charge is -2.39. The van der Waals surface area contributed by atoms with Crippen molar-refractivity contribution in [3.63, 3.8) is 0 Å². The Hall–Kier alpha value is -2.30. The lowest BCUT2D eigenvalue weighted by Crippen LogP contribution is -2.47. The summed E-state index contributed by atoms with van der Waals surface area (Å²) in [5, 5.41) is 21.9. The van der Waals surface area contributed by atoms with Crippen molar-refractivity contribution in [2.75, 3.05) is 32.5 Å². The standard InChI is InChI=1S/C29H38Cl2F2N4O3/c1-28(2,3)13-24-29(15-38,18-11-22(33)20(31)12-23(18)35-5)25(16-6-7-21(32)19(30)10-16)26(37-24)27(40)36-9-8-17(39)14-34-4/h6-7,10-12,15,17,24-26,34-35,37,39H,8-9,13-14H2,1-5H3,(H,36,40)/t17-,24+,25-,26+,29+/m0/s1. The Morgan fingerprint density at radius 2 is 1.82 bits per heavy atom. The van der Waals surface area contributed by atoms with E-state index in [1.54, 1.807) is 14.1 Å². The lowest BCUT2D eigenvalue weighted by molar-refractivity contribution is -0.123. The fourth-order valence-corrected chi connectivity index (χ4v) is 6.03. The maximum atomic E-state index is 15.1. The third-order valence-corrected chi connectivity index (χ3v) is 7.99. The van der Waals surface area contributed by atoms with Crippen LogP contribution in [0.2, 0.25) is 10.0 Å². The highest BCUT2D eigenvalue weighted by Crippen LogP contribution is 2.52. The van der Waals surface area contributed by atoms with Crippen LogP contribution in [-0.4, -0.2) is 62.7 Å². The van der Waals surface area contributed by atoms with Gasteiger partial charge >= 0.3 is 0 Å². The van der Waals surface area contributed by atoms with Gasteiger partial charge in [-0.05, 0) is 60.7 Å². The van der Waals surface area contributed by atoms with Crippen LogP contribution in [0.15, 0.2) is 30.3 Å². The van der Waals surface area contributed by atoms with Crippen molar-refractivity contribution in [2.45, 2.75) is 63.1 Å². The summed E-state index contributed by atoms with van der Waals surface area (Å²) in [5.74, 6) is -2.67. The Bertz CT molecular complexity index is 1230. The van der Waals surface area contributed by atoms with E-state index in [1.807, 2.05) is 20.8 Å². The molecule has 1 heterocycles. The number of carbonyl (C=O) groups excluding carboxylic acids is 2. The first kappa shape index (κ1) is 32.2. The number of halogens is 4. The summed E-state index contributed by atoms with van der Waals surface area (Å²) >= 11 is 12.3. The third-order valence-electron chi connectivity index (χ3n) is 7.41. The number of amides is 1. The van der Waals surface area contributed by atoms with E-state index in [0.717, 1.165) is 6.29 Å². The number of anilines is 1. The van der Waals surface area contributed by atoms with E-state index in [9.17, 15) is 19.1 Å². The molecule has 2 aromatic rings. The van der Waals surface area contributed by atoms with Gasteiger partial charge < -0.3 is 31.2 Å². The number of benzene rings is 2. The molecule has 1 fully saturated rings. The van der Waals surface area contributed by atoms with E-state index in [2.05, 4.69) is 21.3 Å². The molecule has 5 N–H and O–H groups in total.